The molecule has 1 fully saturated rings. The number of nitrogens with zero attached hydrogens (tertiary/aromatic N) is 1. The van der Waals surface area contributed by atoms with Crippen molar-refractivity contribution in [1.29, 1.82) is 0 Å². The maximum Gasteiger partial charge on any atom is 0.253 e. The molecule has 0 aliphatic carbocycles. The lowest BCUT2D eigenvalue weighted by molar-refractivity contribution is -0.121. The van der Waals surface area contributed by atoms with E-state index in [1.54, 1.807) is 17.0 Å². The second-order valence-corrected chi connectivity index (χ2v) is 7.87. The van der Waals surface area contributed by atoms with Crippen molar-refractivity contribution < 1.29 is 23.8 Å². The monoisotopic (exact) mass is 426 g/mol. The number of aryl methyl sites for hydroxylation is 2. The fourth-order valence-corrected chi connectivity index (χ4v) is 4.05. The van der Waals surface area contributed by atoms with Crippen LogP contribution in [0.4, 0.5) is 5.69 Å². The van der Waals surface area contributed by atoms with Crippen molar-refractivity contribution in [3.63, 3.8) is 0 Å². The molecule has 1 N–H and O–H groups in total. The summed E-state index contributed by atoms with van der Waals surface area (Å²) < 4.78 is 16.0. The van der Waals surface area contributed by atoms with Gasteiger partial charge in [-0.15, -0.1) is 0 Å². The van der Waals surface area contributed by atoms with Crippen LogP contribution in [-0.2, 0) is 4.79 Å². The lowest BCUT2D eigenvalue weighted by Gasteiger charge is -2.32. The largest absolute Gasteiger partial charge is 0.493 e. The second-order valence-electron chi connectivity index (χ2n) is 7.87. The lowest BCUT2D eigenvalue weighted by atomic mass is 9.96. The van der Waals surface area contributed by atoms with Crippen LogP contribution in [0.2, 0.25) is 0 Å². The molecule has 1 saturated heterocycles. The Morgan fingerprint density at radius 3 is 2.10 bits per heavy atom. The predicted molar refractivity (Wildman–Crippen MR) is 119 cm³/mol. The number of benzene rings is 2. The number of piperidine rings is 1. The van der Waals surface area contributed by atoms with Gasteiger partial charge in [0.2, 0.25) is 11.7 Å². The lowest BCUT2D eigenvalue weighted by Crippen LogP contribution is -2.43. The fourth-order valence-electron chi connectivity index (χ4n) is 4.05. The highest BCUT2D eigenvalue weighted by atomic mass is 16.5. The molecule has 1 heterocycles. The summed E-state index contributed by atoms with van der Waals surface area (Å²) >= 11 is 0. The molecule has 1 aliphatic heterocycles. The highest BCUT2D eigenvalue weighted by molar-refractivity contribution is 5.96. The molecular formula is C24H30N2O5. The Balaban J connectivity index is 1.73. The Labute approximate surface area is 183 Å². The average Bonchev–Trinajstić information content (AvgIpc) is 2.77. The van der Waals surface area contributed by atoms with E-state index in [0.29, 0.717) is 41.6 Å². The summed E-state index contributed by atoms with van der Waals surface area (Å²) in [6, 6.07) is 9.23. The van der Waals surface area contributed by atoms with Gasteiger partial charge in [-0.1, -0.05) is 17.2 Å². The van der Waals surface area contributed by atoms with E-state index in [4.69, 9.17) is 14.2 Å². The van der Waals surface area contributed by atoms with Gasteiger partial charge in [0.15, 0.2) is 11.5 Å². The smallest absolute Gasteiger partial charge is 0.253 e. The summed E-state index contributed by atoms with van der Waals surface area (Å²) in [7, 11) is 4.59. The van der Waals surface area contributed by atoms with Crippen molar-refractivity contribution in [1.82, 2.24) is 4.90 Å². The first-order valence-electron chi connectivity index (χ1n) is 10.3. The Bertz CT molecular complexity index is 927. The maximum atomic E-state index is 13.0. The summed E-state index contributed by atoms with van der Waals surface area (Å²) in [6.07, 6.45) is 1.51. The number of likely N-dealkylation sites (tertiary alicyclic amines) is 1. The summed E-state index contributed by atoms with van der Waals surface area (Å²) in [5, 5.41) is 2.94. The van der Waals surface area contributed by atoms with Gasteiger partial charge in [-0.2, -0.15) is 0 Å². The van der Waals surface area contributed by atoms with Crippen LogP contribution in [0.1, 0.15) is 34.3 Å². The first kappa shape index (κ1) is 22.5. The van der Waals surface area contributed by atoms with Crippen LogP contribution in [0.15, 0.2) is 30.3 Å². The van der Waals surface area contributed by atoms with Gasteiger partial charge in [-0.05, 0) is 38.8 Å². The van der Waals surface area contributed by atoms with E-state index in [1.165, 1.54) is 21.3 Å². The number of anilines is 1. The fraction of sp³-hybridized carbons (Fsp3) is 0.417. The molecule has 1 aliphatic rings. The third-order valence-corrected chi connectivity index (χ3v) is 5.48. The standard InChI is InChI=1S/C24H30N2O5/c1-15-9-16(2)11-18(10-15)24(28)26-8-6-7-17(14-26)23(27)25-19-12-20(29-3)22(31-5)21(13-19)30-4/h9-13,17H,6-8,14H2,1-5H3,(H,25,27)/t17-/m1/s1. The minimum Gasteiger partial charge on any atom is -0.493 e. The Kier molecular flexibility index (Phi) is 7.05. The summed E-state index contributed by atoms with van der Waals surface area (Å²) in [4.78, 5) is 27.8. The third kappa shape index (κ3) is 5.10. The first-order valence-corrected chi connectivity index (χ1v) is 10.3. The van der Waals surface area contributed by atoms with Gasteiger partial charge in [0.05, 0.1) is 27.2 Å². The van der Waals surface area contributed by atoms with E-state index in [2.05, 4.69) is 5.32 Å². The van der Waals surface area contributed by atoms with Gasteiger partial charge < -0.3 is 24.4 Å². The van der Waals surface area contributed by atoms with Crippen molar-refractivity contribution in [3.8, 4) is 17.2 Å². The van der Waals surface area contributed by atoms with Crippen molar-refractivity contribution in [2.45, 2.75) is 26.7 Å². The van der Waals surface area contributed by atoms with E-state index in [9.17, 15) is 9.59 Å². The second kappa shape index (κ2) is 9.73. The molecule has 0 radical (unpaired) electrons. The van der Waals surface area contributed by atoms with Crippen LogP contribution in [0, 0.1) is 19.8 Å². The number of hydrogen-bond acceptors (Lipinski definition) is 5. The van der Waals surface area contributed by atoms with Crippen LogP contribution in [-0.4, -0.2) is 51.1 Å². The van der Waals surface area contributed by atoms with E-state index in [1.807, 2.05) is 32.0 Å². The average molecular weight is 427 g/mol. The zero-order valence-electron chi connectivity index (χ0n) is 18.8. The molecule has 0 spiro atoms. The van der Waals surface area contributed by atoms with Crippen molar-refractivity contribution in [2.75, 3.05) is 39.7 Å². The Hall–Kier alpha value is -3.22. The molecule has 0 saturated carbocycles. The topological polar surface area (TPSA) is 77.1 Å². The molecule has 3 rings (SSSR count). The van der Waals surface area contributed by atoms with E-state index in [0.717, 1.165) is 24.0 Å². The highest BCUT2D eigenvalue weighted by Gasteiger charge is 2.29. The number of carbonyl (C=O) groups excluding carboxylic acids is 2. The zero-order valence-corrected chi connectivity index (χ0v) is 18.8. The molecule has 2 aromatic carbocycles. The van der Waals surface area contributed by atoms with E-state index < -0.39 is 0 Å². The molecule has 7 heteroatoms. The number of nitrogens with one attached hydrogen (secondary N) is 1. The molecule has 31 heavy (non-hydrogen) atoms. The van der Waals surface area contributed by atoms with E-state index in [-0.39, 0.29) is 17.7 Å². The summed E-state index contributed by atoms with van der Waals surface area (Å²) in [5.74, 6) is 0.942. The molecular weight excluding hydrogens is 396 g/mol. The molecule has 0 aromatic heterocycles. The quantitative estimate of drug-likeness (QED) is 0.760. The molecule has 2 aromatic rings. The predicted octanol–water partition coefficient (Wildman–Crippen LogP) is 3.82. The van der Waals surface area contributed by atoms with Gasteiger partial charge in [-0.3, -0.25) is 9.59 Å². The SMILES string of the molecule is COc1cc(NC(=O)[C@@H]2CCCN(C(=O)c3cc(C)cc(C)c3)C2)cc(OC)c1OC. The number of rotatable bonds is 6. The molecule has 166 valence electrons. The van der Waals surface area contributed by atoms with Crippen LogP contribution in [0.5, 0.6) is 17.2 Å². The van der Waals surface area contributed by atoms with Gasteiger partial charge >= 0.3 is 0 Å². The molecule has 7 nitrogen and oxygen atoms in total. The Morgan fingerprint density at radius 2 is 1.55 bits per heavy atom. The van der Waals surface area contributed by atoms with Gasteiger partial charge in [0.1, 0.15) is 0 Å². The first-order chi connectivity index (χ1) is 14.9. The molecule has 2 amide bonds. The number of ether oxygens (including phenoxy) is 3. The maximum absolute atomic E-state index is 13.0. The van der Waals surface area contributed by atoms with Crippen LogP contribution in [0.3, 0.4) is 0 Å². The highest BCUT2D eigenvalue weighted by Crippen LogP contribution is 2.40. The van der Waals surface area contributed by atoms with Crippen molar-refractivity contribution in [3.05, 3.63) is 47.0 Å². The number of carbonyl (C=O) groups is 2. The minimum atomic E-state index is -0.289. The van der Waals surface area contributed by atoms with Crippen molar-refractivity contribution >= 4 is 17.5 Å². The van der Waals surface area contributed by atoms with Crippen LogP contribution < -0.4 is 19.5 Å². The molecule has 0 unspecified atom stereocenters. The van der Waals surface area contributed by atoms with Gasteiger partial charge in [0.25, 0.3) is 5.91 Å². The number of hydrogen-bond donors (Lipinski definition) is 1. The van der Waals surface area contributed by atoms with E-state index >= 15 is 0 Å². The van der Waals surface area contributed by atoms with Crippen molar-refractivity contribution in [2.24, 2.45) is 5.92 Å². The molecule has 1 atom stereocenters. The summed E-state index contributed by atoms with van der Waals surface area (Å²) in [5.41, 5.74) is 3.33. The number of amides is 2. The minimum absolute atomic E-state index is 0.0305. The van der Waals surface area contributed by atoms with Gasteiger partial charge in [0, 0.05) is 36.5 Å². The third-order valence-electron chi connectivity index (χ3n) is 5.48. The normalized spacial score (nSPS) is 15.9. The van der Waals surface area contributed by atoms with Gasteiger partial charge in [-0.25, -0.2) is 0 Å². The Morgan fingerprint density at radius 1 is 0.935 bits per heavy atom. The summed E-state index contributed by atoms with van der Waals surface area (Å²) in [6.45, 7) is 5.00. The van der Waals surface area contributed by atoms with Crippen LogP contribution >= 0.6 is 0 Å². The number of methoxy groups -OCH3 is 3. The molecule has 0 bridgehead atoms. The van der Waals surface area contributed by atoms with Crippen LogP contribution in [0.25, 0.3) is 0 Å². The zero-order chi connectivity index (χ0) is 22.5.